The molecule has 0 saturated heterocycles. The molecule has 4 aromatic rings. The second-order valence-electron chi connectivity index (χ2n) is 11.9. The number of para-hydroxylation sites is 1. The molecule has 1 saturated carbocycles. The molecule has 46 heavy (non-hydrogen) atoms. The maximum atomic E-state index is 14.5. The van der Waals surface area contributed by atoms with Crippen molar-refractivity contribution in [2.75, 3.05) is 10.8 Å². The molecular formula is C37H40FN3O4S. The van der Waals surface area contributed by atoms with Crippen LogP contribution >= 0.6 is 0 Å². The number of halogens is 1. The first kappa shape index (κ1) is 32.9. The summed E-state index contributed by atoms with van der Waals surface area (Å²) < 4.78 is 42.8. The molecule has 0 spiro atoms. The number of nitrogens with zero attached hydrogens (tertiary/aromatic N) is 2. The SMILES string of the molecule is Cc1ccc(CN(C(=O)CN(c2ccccc2)S(=O)(=O)c2ccc(F)cc2)C(Cc2ccccc2)C(=O)NC2CCCCC2)cc1. The highest BCUT2D eigenvalue weighted by atomic mass is 32.2. The van der Waals surface area contributed by atoms with Gasteiger partial charge in [0.05, 0.1) is 10.6 Å². The van der Waals surface area contributed by atoms with E-state index in [0.29, 0.717) is 0 Å². The third kappa shape index (κ3) is 8.40. The number of rotatable bonds is 12. The fraction of sp³-hybridized carbons (Fsp3) is 0.297. The number of anilines is 1. The van der Waals surface area contributed by atoms with E-state index in [2.05, 4.69) is 5.32 Å². The third-order valence-electron chi connectivity index (χ3n) is 8.42. The van der Waals surface area contributed by atoms with Crippen LogP contribution in [0.25, 0.3) is 0 Å². The van der Waals surface area contributed by atoms with Crippen LogP contribution in [0.2, 0.25) is 0 Å². The predicted octanol–water partition coefficient (Wildman–Crippen LogP) is 6.42. The third-order valence-corrected chi connectivity index (χ3v) is 10.2. The second kappa shape index (κ2) is 15.2. The Balaban J connectivity index is 1.54. The molecule has 1 fully saturated rings. The Morgan fingerprint density at radius 3 is 2.04 bits per heavy atom. The Hall–Kier alpha value is -4.50. The zero-order valence-electron chi connectivity index (χ0n) is 26.0. The van der Waals surface area contributed by atoms with Crippen molar-refractivity contribution >= 4 is 27.5 Å². The van der Waals surface area contributed by atoms with Crippen LogP contribution < -0.4 is 9.62 Å². The van der Waals surface area contributed by atoms with Gasteiger partial charge < -0.3 is 10.2 Å². The predicted molar refractivity (Wildman–Crippen MR) is 178 cm³/mol. The number of carbonyl (C=O) groups is 2. The van der Waals surface area contributed by atoms with Crippen molar-refractivity contribution in [2.24, 2.45) is 0 Å². The summed E-state index contributed by atoms with van der Waals surface area (Å²) in [6.45, 7) is 1.52. The zero-order chi connectivity index (χ0) is 32.5. The molecule has 4 aromatic carbocycles. The van der Waals surface area contributed by atoms with E-state index in [4.69, 9.17) is 0 Å². The lowest BCUT2D eigenvalue weighted by Crippen LogP contribution is -2.55. The van der Waals surface area contributed by atoms with Crippen molar-refractivity contribution in [1.29, 1.82) is 0 Å². The molecule has 0 bridgehead atoms. The summed E-state index contributed by atoms with van der Waals surface area (Å²) in [4.78, 5) is 30.0. The van der Waals surface area contributed by atoms with Crippen LogP contribution in [-0.2, 0) is 32.6 Å². The first-order valence-electron chi connectivity index (χ1n) is 15.7. The van der Waals surface area contributed by atoms with Gasteiger partial charge in [0.25, 0.3) is 10.0 Å². The van der Waals surface area contributed by atoms with Gasteiger partial charge in [-0.1, -0.05) is 97.6 Å². The molecule has 2 amide bonds. The molecule has 0 radical (unpaired) electrons. The Morgan fingerprint density at radius 1 is 0.804 bits per heavy atom. The number of aryl methyl sites for hydroxylation is 1. The summed E-state index contributed by atoms with van der Waals surface area (Å²) in [7, 11) is -4.29. The van der Waals surface area contributed by atoms with Gasteiger partial charge in [-0.05, 0) is 67.3 Å². The van der Waals surface area contributed by atoms with Gasteiger partial charge in [0, 0.05) is 19.0 Å². The van der Waals surface area contributed by atoms with E-state index in [9.17, 15) is 22.4 Å². The van der Waals surface area contributed by atoms with E-state index in [1.54, 1.807) is 30.3 Å². The van der Waals surface area contributed by atoms with Crippen LogP contribution in [0.3, 0.4) is 0 Å². The molecule has 0 aliphatic heterocycles. The van der Waals surface area contributed by atoms with Crippen molar-refractivity contribution in [3.8, 4) is 0 Å². The number of hydrogen-bond acceptors (Lipinski definition) is 4. The summed E-state index contributed by atoms with van der Waals surface area (Å²) in [5.41, 5.74) is 3.03. The topological polar surface area (TPSA) is 86.8 Å². The lowest BCUT2D eigenvalue weighted by atomic mass is 9.94. The van der Waals surface area contributed by atoms with Gasteiger partial charge in [-0.3, -0.25) is 13.9 Å². The average molecular weight is 642 g/mol. The lowest BCUT2D eigenvalue weighted by Gasteiger charge is -2.35. The summed E-state index contributed by atoms with van der Waals surface area (Å²) in [6, 6.07) is 29.2. The molecule has 0 heterocycles. The number of carbonyl (C=O) groups excluding carboxylic acids is 2. The summed E-state index contributed by atoms with van der Waals surface area (Å²) >= 11 is 0. The van der Waals surface area contributed by atoms with Crippen molar-refractivity contribution in [2.45, 2.75) is 69.0 Å². The first-order valence-corrected chi connectivity index (χ1v) is 17.2. The van der Waals surface area contributed by atoms with Crippen molar-refractivity contribution < 1.29 is 22.4 Å². The molecule has 240 valence electrons. The number of nitrogens with one attached hydrogen (secondary N) is 1. The second-order valence-corrected chi connectivity index (χ2v) is 13.7. The minimum Gasteiger partial charge on any atom is -0.352 e. The monoisotopic (exact) mass is 641 g/mol. The van der Waals surface area contributed by atoms with E-state index in [1.807, 2.05) is 61.5 Å². The summed E-state index contributed by atoms with van der Waals surface area (Å²) in [5.74, 6) is -1.36. The van der Waals surface area contributed by atoms with Gasteiger partial charge in [0.2, 0.25) is 11.8 Å². The standard InChI is InChI=1S/C37H40FN3O4S/c1-28-17-19-30(20-18-28)26-40(35(25-29-11-5-2-6-12-29)37(43)39-32-13-7-3-8-14-32)36(42)27-41(33-15-9-4-10-16-33)46(44,45)34-23-21-31(38)22-24-34/h2,4-6,9-12,15-24,32,35H,3,7-8,13-14,25-27H2,1H3,(H,39,43). The smallest absolute Gasteiger partial charge is 0.264 e. The average Bonchev–Trinajstić information content (AvgIpc) is 3.07. The number of amides is 2. The number of hydrogen-bond donors (Lipinski definition) is 1. The lowest BCUT2D eigenvalue weighted by molar-refractivity contribution is -0.140. The van der Waals surface area contributed by atoms with Crippen LogP contribution in [0.4, 0.5) is 10.1 Å². The van der Waals surface area contributed by atoms with E-state index in [-0.39, 0.29) is 35.5 Å². The van der Waals surface area contributed by atoms with Gasteiger partial charge in [-0.2, -0.15) is 0 Å². The number of benzene rings is 4. The summed E-state index contributed by atoms with van der Waals surface area (Å²) in [6.07, 6.45) is 5.23. The highest BCUT2D eigenvalue weighted by molar-refractivity contribution is 7.92. The summed E-state index contributed by atoms with van der Waals surface area (Å²) in [5, 5.41) is 3.22. The fourth-order valence-electron chi connectivity index (χ4n) is 5.85. The molecule has 7 nitrogen and oxygen atoms in total. The van der Waals surface area contributed by atoms with Crippen molar-refractivity contribution in [3.05, 3.63) is 132 Å². The largest absolute Gasteiger partial charge is 0.352 e. The minimum atomic E-state index is -4.29. The van der Waals surface area contributed by atoms with Crippen molar-refractivity contribution in [3.63, 3.8) is 0 Å². The van der Waals surface area contributed by atoms with Gasteiger partial charge in [0.1, 0.15) is 18.4 Å². The molecule has 5 rings (SSSR count). The fourth-order valence-corrected chi connectivity index (χ4v) is 7.26. The molecular weight excluding hydrogens is 601 g/mol. The molecule has 1 aliphatic carbocycles. The molecule has 0 aromatic heterocycles. The van der Waals surface area contributed by atoms with Crippen LogP contribution in [0.15, 0.2) is 114 Å². The molecule has 1 unspecified atom stereocenters. The van der Waals surface area contributed by atoms with Gasteiger partial charge >= 0.3 is 0 Å². The Bertz CT molecular complexity index is 1690. The normalized spacial score (nSPS) is 14.3. The maximum Gasteiger partial charge on any atom is 0.264 e. The quantitative estimate of drug-likeness (QED) is 0.194. The van der Waals surface area contributed by atoms with Crippen LogP contribution in [-0.4, -0.2) is 43.8 Å². The maximum absolute atomic E-state index is 14.5. The van der Waals surface area contributed by atoms with Crippen LogP contribution in [0.5, 0.6) is 0 Å². The Morgan fingerprint density at radius 2 is 1.41 bits per heavy atom. The van der Waals surface area contributed by atoms with Crippen molar-refractivity contribution in [1.82, 2.24) is 10.2 Å². The van der Waals surface area contributed by atoms with E-state index in [1.165, 1.54) is 17.0 Å². The molecule has 1 N–H and O–H groups in total. The van der Waals surface area contributed by atoms with Gasteiger partial charge in [-0.15, -0.1) is 0 Å². The minimum absolute atomic E-state index is 0.0236. The molecule has 9 heteroatoms. The molecule has 1 atom stereocenters. The van der Waals surface area contributed by atoms with Gasteiger partial charge in [-0.25, -0.2) is 12.8 Å². The van der Waals surface area contributed by atoms with E-state index in [0.717, 1.165) is 65.2 Å². The van der Waals surface area contributed by atoms with E-state index >= 15 is 0 Å². The zero-order valence-corrected chi connectivity index (χ0v) is 26.8. The van der Waals surface area contributed by atoms with Crippen LogP contribution in [0.1, 0.15) is 48.8 Å². The number of sulfonamides is 1. The Labute approximate surface area is 271 Å². The highest BCUT2D eigenvalue weighted by Crippen LogP contribution is 2.26. The van der Waals surface area contributed by atoms with Gasteiger partial charge in [0.15, 0.2) is 0 Å². The highest BCUT2D eigenvalue weighted by Gasteiger charge is 2.35. The first-order chi connectivity index (χ1) is 22.2. The molecule has 1 aliphatic rings. The van der Waals surface area contributed by atoms with Crippen LogP contribution in [0, 0.1) is 12.7 Å². The Kier molecular flexibility index (Phi) is 10.9. The van der Waals surface area contributed by atoms with E-state index < -0.39 is 34.3 Å².